The van der Waals surface area contributed by atoms with Gasteiger partial charge in [-0.15, -0.1) is 0 Å². The summed E-state index contributed by atoms with van der Waals surface area (Å²) in [4.78, 5) is 0. The van der Waals surface area contributed by atoms with E-state index >= 15 is 0 Å². The van der Waals surface area contributed by atoms with E-state index in [9.17, 15) is 4.57 Å². The van der Waals surface area contributed by atoms with Gasteiger partial charge in [0.1, 0.15) is 6.83 Å². The fourth-order valence-corrected chi connectivity index (χ4v) is 0. The van der Waals surface area contributed by atoms with Gasteiger partial charge >= 0.3 is 0 Å². The summed E-state index contributed by atoms with van der Waals surface area (Å²) in [6.07, 6.45) is 0. The van der Waals surface area contributed by atoms with Crippen molar-refractivity contribution < 1.29 is 4.57 Å². The minimum absolute atomic E-state index is 1.46. The molecule has 0 aromatic carbocycles. The van der Waals surface area contributed by atoms with E-state index in [0.29, 0.717) is 0 Å². The molecule has 50 valence electrons. The zero-order chi connectivity index (χ0) is 7.00. The Morgan fingerprint density at radius 3 is 1.25 bits per heavy atom. The molecule has 0 amide bonds. The Bertz CT molecular complexity index is 143. The lowest BCUT2D eigenvalue weighted by Crippen LogP contribution is -1.74. The van der Waals surface area contributed by atoms with Gasteiger partial charge in [-0.1, -0.05) is 11.8 Å². The molecule has 0 N–H and O–H groups in total. The molecule has 0 aromatic rings. The predicted octanol–water partition coefficient (Wildman–Crippen LogP) is 2.26. The van der Waals surface area contributed by atoms with Gasteiger partial charge in [-0.25, -0.2) is 0 Å². The van der Waals surface area contributed by atoms with Gasteiger partial charge in [-0.2, -0.15) is 0 Å². The van der Waals surface area contributed by atoms with Gasteiger partial charge in [0.15, 0.2) is 0 Å². The lowest BCUT2D eigenvalue weighted by molar-refractivity contribution is 0.591. The maximum atomic E-state index is 11.2. The van der Waals surface area contributed by atoms with Crippen molar-refractivity contribution in [2.24, 2.45) is 0 Å². The van der Waals surface area contributed by atoms with Crippen LogP contribution in [0.25, 0.3) is 0 Å². The molecule has 0 heterocycles. The molecule has 0 spiro atoms. The molecule has 0 unspecified atom stereocenters. The van der Waals surface area contributed by atoms with Gasteiger partial charge in [0, 0.05) is 5.73 Å². The zero-order valence-corrected chi connectivity index (χ0v) is 8.32. The number of hydrogen-bond donors (Lipinski definition) is 0. The zero-order valence-electron chi connectivity index (χ0n) is 5.71. The van der Waals surface area contributed by atoms with Crippen LogP contribution >= 0.6 is 12.6 Å². The smallest absolute Gasteiger partial charge is 0.110 e. The first kappa shape index (κ1) is 8.88. The summed E-state index contributed by atoms with van der Waals surface area (Å²) < 4.78 is 11.2. The van der Waals surface area contributed by atoms with Crippen molar-refractivity contribution in [2.45, 2.75) is 0 Å². The third-order valence-electron chi connectivity index (χ3n) is 1.16. The fourth-order valence-electron chi connectivity index (χ4n) is 0. The third-order valence-corrected chi connectivity index (χ3v) is 14.0. The highest BCUT2D eigenvalue weighted by Gasteiger charge is 2.18. The number of rotatable bonds is 1. The second-order valence-corrected chi connectivity index (χ2v) is 17.2. The van der Waals surface area contributed by atoms with Crippen molar-refractivity contribution in [1.29, 1.82) is 0 Å². The molecule has 0 saturated heterocycles. The first-order chi connectivity index (χ1) is 3.25. The van der Waals surface area contributed by atoms with E-state index < -0.39 is 12.6 Å². The van der Waals surface area contributed by atoms with Gasteiger partial charge < -0.3 is 4.57 Å². The van der Waals surface area contributed by atoms with Crippen LogP contribution in [0.15, 0.2) is 0 Å². The molecular weight excluding hydrogens is 158 g/mol. The quantitative estimate of drug-likeness (QED) is 0.561. The van der Waals surface area contributed by atoms with Crippen molar-refractivity contribution in [3.8, 4) is 0 Å². The fraction of sp³-hybridized carbons (Fsp3) is 1.00. The Labute approximate surface area is 56.1 Å². The minimum atomic E-state index is -1.92. The normalized spacial score (nSPS) is 14.0. The van der Waals surface area contributed by atoms with E-state index in [0.717, 1.165) is 0 Å². The predicted molar refractivity (Wildman–Crippen MR) is 45.6 cm³/mol. The Hall–Kier alpha value is 0.880. The molecule has 0 aromatic heterocycles. The van der Waals surface area contributed by atoms with Crippen LogP contribution < -0.4 is 0 Å². The maximum Gasteiger partial charge on any atom is 0.110 e. The first-order valence-corrected chi connectivity index (χ1v) is 9.36. The average Bonchev–Trinajstić information content (AvgIpc) is 1.25. The monoisotopic (exact) mass is 170 g/mol. The van der Waals surface area contributed by atoms with Crippen molar-refractivity contribution >= 4 is 24.4 Å². The van der Waals surface area contributed by atoms with E-state index in [2.05, 4.69) is 0 Å². The second kappa shape index (κ2) is 2.25. The lowest BCUT2D eigenvalue weighted by atomic mass is 11.9. The van der Waals surface area contributed by atoms with Crippen LogP contribution in [0.2, 0.25) is 0 Å². The topological polar surface area (TPSA) is 17.1 Å². The van der Waals surface area contributed by atoms with E-state index in [1.165, 1.54) is 0 Å². The SMILES string of the molecule is CP(C)(=O)P(C)(C)=S. The molecular formula is C4H12OP2S. The van der Waals surface area contributed by atoms with Crippen molar-refractivity contribution in [2.75, 3.05) is 26.7 Å². The van der Waals surface area contributed by atoms with E-state index in [1.54, 1.807) is 13.3 Å². The molecule has 4 heteroatoms. The van der Waals surface area contributed by atoms with Crippen molar-refractivity contribution in [1.82, 2.24) is 0 Å². The standard InChI is InChI=1S/C4H12OP2S/c1-6(2,5)7(3,4)8/h1-4H3. The molecule has 0 aliphatic carbocycles. The van der Waals surface area contributed by atoms with Crippen LogP contribution in [0.4, 0.5) is 0 Å². The second-order valence-electron chi connectivity index (χ2n) is 2.59. The molecule has 0 bridgehead atoms. The molecule has 0 aliphatic rings. The highest BCUT2D eigenvalue weighted by Crippen LogP contribution is 2.73. The molecule has 0 saturated carbocycles. The van der Waals surface area contributed by atoms with E-state index in [1.807, 2.05) is 13.3 Å². The largest absolute Gasteiger partial charge is 0.319 e. The third kappa shape index (κ3) is 2.44. The molecule has 0 atom stereocenters. The molecule has 0 rings (SSSR count). The first-order valence-electron chi connectivity index (χ1n) is 2.35. The minimum Gasteiger partial charge on any atom is -0.319 e. The number of hydrogen-bond acceptors (Lipinski definition) is 2. The Kier molecular flexibility index (Phi) is 2.50. The van der Waals surface area contributed by atoms with Crippen LogP contribution in [0, 0.1) is 0 Å². The van der Waals surface area contributed by atoms with Crippen molar-refractivity contribution in [3.05, 3.63) is 0 Å². The summed E-state index contributed by atoms with van der Waals surface area (Å²) in [6, 6.07) is 0. The summed E-state index contributed by atoms with van der Waals surface area (Å²) in [5.74, 6) is 0. The molecule has 0 fully saturated rings. The summed E-state index contributed by atoms with van der Waals surface area (Å²) >= 11 is 5.07. The van der Waals surface area contributed by atoms with E-state index in [4.69, 9.17) is 11.8 Å². The van der Waals surface area contributed by atoms with Crippen molar-refractivity contribution in [3.63, 3.8) is 0 Å². The Balaban J connectivity index is 4.53. The molecule has 0 radical (unpaired) electrons. The average molecular weight is 170 g/mol. The summed E-state index contributed by atoms with van der Waals surface area (Å²) in [5.41, 5.74) is -1.46. The van der Waals surface area contributed by atoms with Gasteiger partial charge in [0.25, 0.3) is 0 Å². The maximum absolute atomic E-state index is 11.2. The van der Waals surface area contributed by atoms with Crippen LogP contribution in [0.1, 0.15) is 0 Å². The summed E-state index contributed by atoms with van der Waals surface area (Å²) in [7, 11) is 0. The summed E-state index contributed by atoms with van der Waals surface area (Å²) in [6.45, 7) is 5.49. The van der Waals surface area contributed by atoms with Crippen LogP contribution in [0.5, 0.6) is 0 Å². The van der Waals surface area contributed by atoms with Gasteiger partial charge in [0.05, 0.1) is 0 Å². The molecule has 1 nitrogen and oxygen atoms in total. The van der Waals surface area contributed by atoms with Crippen LogP contribution in [-0.2, 0) is 16.4 Å². The van der Waals surface area contributed by atoms with E-state index in [-0.39, 0.29) is 0 Å². The van der Waals surface area contributed by atoms with Gasteiger partial charge in [-0.05, 0) is 26.7 Å². The van der Waals surface area contributed by atoms with Gasteiger partial charge in [0.2, 0.25) is 0 Å². The lowest BCUT2D eigenvalue weighted by Gasteiger charge is -2.14. The van der Waals surface area contributed by atoms with Crippen LogP contribution in [0.3, 0.4) is 0 Å². The molecule has 8 heavy (non-hydrogen) atoms. The molecule has 0 aliphatic heterocycles. The highest BCUT2D eigenvalue weighted by atomic mass is 32.6. The van der Waals surface area contributed by atoms with Gasteiger partial charge in [-0.3, -0.25) is 0 Å². The summed E-state index contributed by atoms with van der Waals surface area (Å²) in [5, 5.41) is 0. The Morgan fingerprint density at radius 1 is 1.12 bits per heavy atom. The Morgan fingerprint density at radius 2 is 1.25 bits per heavy atom. The van der Waals surface area contributed by atoms with Crippen LogP contribution in [-0.4, -0.2) is 26.7 Å². The highest BCUT2D eigenvalue weighted by molar-refractivity contribution is 8.53.